The molecule has 13 nitrogen and oxygen atoms in total. The molecule has 1 saturated heterocycles. The van der Waals surface area contributed by atoms with Gasteiger partial charge in [0.05, 0.1) is 30.6 Å². The van der Waals surface area contributed by atoms with Gasteiger partial charge in [0.25, 0.3) is 5.91 Å². The number of hydrogen-bond acceptors (Lipinski definition) is 12. The molecule has 3 N–H and O–H groups in total. The van der Waals surface area contributed by atoms with E-state index in [0.29, 0.717) is 5.57 Å². The Hall–Kier alpha value is -1.43. The van der Waals surface area contributed by atoms with Crippen LogP contribution in [0, 0.1) is 0 Å². The fourth-order valence-electron chi connectivity index (χ4n) is 3.78. The number of fused-ring (bicyclic) bond motifs is 1. The van der Waals surface area contributed by atoms with E-state index in [1.54, 1.807) is 12.1 Å². The Morgan fingerprint density at radius 3 is 2.54 bits per heavy atom. The Balaban J connectivity index is 0.00000241. The van der Waals surface area contributed by atoms with Gasteiger partial charge in [-0.25, -0.2) is 4.68 Å². The summed E-state index contributed by atoms with van der Waals surface area (Å²) < 4.78 is 1.02. The van der Waals surface area contributed by atoms with Crippen molar-refractivity contribution in [2.45, 2.75) is 36.1 Å². The Morgan fingerprint density at radius 1 is 1.19 bits per heavy atom. The number of aromatic nitrogens is 4. The first-order valence-corrected chi connectivity index (χ1v) is 12.4. The SMILES string of the molecule is NCc1ccccc1CC(=O)N[C@@H]1C(=O)N2C(C(=O)[O-])=C(CSc3nnnn3CC(=O)[O-])CS[C@H]12.[Na+].[Na+]. The van der Waals surface area contributed by atoms with Gasteiger partial charge >= 0.3 is 59.1 Å². The summed E-state index contributed by atoms with van der Waals surface area (Å²) in [5, 5.41) is 35.7. The summed E-state index contributed by atoms with van der Waals surface area (Å²) in [5.41, 5.74) is 7.43. The monoisotopic (exact) mass is 563 g/mol. The molecule has 4 rings (SSSR count). The van der Waals surface area contributed by atoms with Crippen molar-refractivity contribution in [1.29, 1.82) is 0 Å². The maximum Gasteiger partial charge on any atom is 1.00 e. The molecule has 3 heterocycles. The molecule has 2 aliphatic heterocycles. The first kappa shape index (κ1) is 31.8. The molecular formula is C20H19N7Na2O6S2. The van der Waals surface area contributed by atoms with Gasteiger partial charge < -0.3 is 30.9 Å². The quantitative estimate of drug-likeness (QED) is 0.157. The zero-order chi connectivity index (χ0) is 25.1. The van der Waals surface area contributed by atoms with Crippen LogP contribution < -0.4 is 80.4 Å². The molecule has 17 heteroatoms. The van der Waals surface area contributed by atoms with Crippen LogP contribution in [0.5, 0.6) is 0 Å². The first-order valence-electron chi connectivity index (χ1n) is 10.3. The van der Waals surface area contributed by atoms with Crippen molar-refractivity contribution < 1.29 is 88.5 Å². The van der Waals surface area contributed by atoms with Gasteiger partial charge in [-0.1, -0.05) is 36.0 Å². The molecule has 0 aliphatic carbocycles. The van der Waals surface area contributed by atoms with Crippen molar-refractivity contribution in [2.24, 2.45) is 5.73 Å². The largest absolute Gasteiger partial charge is 1.00 e. The minimum absolute atomic E-state index is 0. The summed E-state index contributed by atoms with van der Waals surface area (Å²) in [4.78, 5) is 49.2. The summed E-state index contributed by atoms with van der Waals surface area (Å²) >= 11 is 2.33. The number of amides is 2. The number of carboxylic acids is 2. The van der Waals surface area contributed by atoms with E-state index < -0.39 is 35.8 Å². The van der Waals surface area contributed by atoms with Crippen LogP contribution in [0.25, 0.3) is 0 Å². The van der Waals surface area contributed by atoms with Gasteiger partial charge in [0.1, 0.15) is 11.4 Å². The molecule has 0 saturated carbocycles. The van der Waals surface area contributed by atoms with Crippen LogP contribution in [0.2, 0.25) is 0 Å². The number of carbonyl (C=O) groups excluding carboxylic acids is 4. The molecule has 184 valence electrons. The third kappa shape index (κ3) is 7.16. The summed E-state index contributed by atoms with van der Waals surface area (Å²) in [5.74, 6) is -3.47. The van der Waals surface area contributed by atoms with Crippen LogP contribution in [0.3, 0.4) is 0 Å². The third-order valence-electron chi connectivity index (χ3n) is 5.40. The van der Waals surface area contributed by atoms with Gasteiger partial charge in [0.15, 0.2) is 0 Å². The van der Waals surface area contributed by atoms with E-state index in [1.807, 2.05) is 12.1 Å². The molecule has 2 atom stereocenters. The molecule has 0 spiro atoms. The van der Waals surface area contributed by atoms with Crippen LogP contribution in [0.1, 0.15) is 11.1 Å². The number of tetrazole rings is 1. The van der Waals surface area contributed by atoms with Crippen molar-refractivity contribution in [3.63, 3.8) is 0 Å². The maximum absolute atomic E-state index is 12.8. The minimum atomic E-state index is -1.52. The molecule has 1 aromatic heterocycles. The van der Waals surface area contributed by atoms with Gasteiger partial charge in [-0.05, 0) is 27.1 Å². The number of thioether (sulfide) groups is 2. The third-order valence-corrected chi connectivity index (χ3v) is 7.78. The molecule has 0 unspecified atom stereocenters. The summed E-state index contributed by atoms with van der Waals surface area (Å²) in [6, 6.07) is 6.36. The Morgan fingerprint density at radius 2 is 1.89 bits per heavy atom. The molecule has 0 radical (unpaired) electrons. The molecule has 37 heavy (non-hydrogen) atoms. The van der Waals surface area contributed by atoms with Gasteiger partial charge in [0, 0.05) is 18.1 Å². The molecule has 1 aromatic carbocycles. The Labute approximate surface area is 263 Å². The number of carbonyl (C=O) groups is 4. The number of hydrogen-bond donors (Lipinski definition) is 2. The maximum atomic E-state index is 12.8. The van der Waals surface area contributed by atoms with E-state index in [-0.39, 0.29) is 100 Å². The van der Waals surface area contributed by atoms with E-state index in [9.17, 15) is 29.4 Å². The number of nitrogens with two attached hydrogens (primary N) is 1. The predicted octanol–water partition coefficient (Wildman–Crippen LogP) is -9.37. The van der Waals surface area contributed by atoms with E-state index in [2.05, 4.69) is 20.8 Å². The summed E-state index contributed by atoms with van der Waals surface area (Å²) in [6.07, 6.45) is 0.0419. The number of carboxylic acid groups (broad SMARTS) is 2. The van der Waals surface area contributed by atoms with E-state index in [0.717, 1.165) is 32.5 Å². The van der Waals surface area contributed by atoms with Gasteiger partial charge in [0.2, 0.25) is 11.1 Å². The number of rotatable bonds is 10. The number of nitrogens with one attached hydrogen (secondary N) is 1. The van der Waals surface area contributed by atoms with Crippen molar-refractivity contribution in [3.8, 4) is 0 Å². The zero-order valence-electron chi connectivity index (χ0n) is 20.1. The second kappa shape index (κ2) is 14.1. The van der Waals surface area contributed by atoms with E-state index in [4.69, 9.17) is 5.73 Å². The second-order valence-electron chi connectivity index (χ2n) is 7.62. The van der Waals surface area contributed by atoms with Crippen LogP contribution in [0.15, 0.2) is 40.7 Å². The molecule has 0 bridgehead atoms. The second-order valence-corrected chi connectivity index (χ2v) is 9.67. The Kier molecular flexibility index (Phi) is 12.1. The van der Waals surface area contributed by atoms with Crippen LogP contribution in [0.4, 0.5) is 0 Å². The van der Waals surface area contributed by atoms with Crippen molar-refractivity contribution in [3.05, 3.63) is 46.7 Å². The number of nitrogens with zero attached hydrogens (tertiary/aromatic N) is 5. The smallest absolute Gasteiger partial charge is 0.548 e. The van der Waals surface area contributed by atoms with Gasteiger partial charge in [-0.2, -0.15) is 0 Å². The zero-order valence-corrected chi connectivity index (χ0v) is 25.7. The number of β-lactam (4-membered cyclic amide) rings is 1. The molecular weight excluding hydrogens is 544 g/mol. The normalized spacial score (nSPS) is 18.2. The van der Waals surface area contributed by atoms with Crippen LogP contribution in [-0.2, 0) is 38.7 Å². The molecule has 1 fully saturated rings. The van der Waals surface area contributed by atoms with Crippen molar-refractivity contribution in [1.82, 2.24) is 30.4 Å². The average Bonchev–Trinajstić information content (AvgIpc) is 3.26. The molecule has 2 aromatic rings. The number of benzene rings is 1. The summed E-state index contributed by atoms with van der Waals surface area (Å²) in [7, 11) is 0. The minimum Gasteiger partial charge on any atom is -0.548 e. The Bertz CT molecular complexity index is 1230. The van der Waals surface area contributed by atoms with Gasteiger partial charge in [-0.15, -0.1) is 16.9 Å². The topological polar surface area (TPSA) is 199 Å². The van der Waals surface area contributed by atoms with Crippen molar-refractivity contribution >= 4 is 47.3 Å². The number of aliphatic carboxylic acids is 2. The average molecular weight is 564 g/mol. The standard InChI is InChI=1S/C20H21N7O6S2.2Na/c21-6-11-4-2-1-3-10(11)5-13(28)22-15-17(31)27-16(19(32)33)12(8-34-18(15)27)9-35-20-23-24-25-26(20)7-14(29)30;;/h1-4,15,18H,5-9,21H2,(H,22,28)(H,29,30)(H,32,33);;/q;2*+1/p-2/t15-,18-;;/m1../s1. The van der Waals surface area contributed by atoms with E-state index >= 15 is 0 Å². The van der Waals surface area contributed by atoms with Crippen molar-refractivity contribution in [2.75, 3.05) is 11.5 Å². The van der Waals surface area contributed by atoms with Crippen LogP contribution >= 0.6 is 23.5 Å². The van der Waals surface area contributed by atoms with Crippen LogP contribution in [-0.4, -0.2) is 71.8 Å². The predicted molar refractivity (Wildman–Crippen MR) is 119 cm³/mol. The fraction of sp³-hybridized carbons (Fsp3) is 0.350. The first-order chi connectivity index (χ1) is 16.8. The molecule has 2 amide bonds. The van der Waals surface area contributed by atoms with Gasteiger partial charge in [-0.3, -0.25) is 14.5 Å². The molecule has 2 aliphatic rings. The summed E-state index contributed by atoms with van der Waals surface area (Å²) in [6.45, 7) is -0.279. The van der Waals surface area contributed by atoms with E-state index in [1.165, 1.54) is 11.8 Å². The fourth-order valence-corrected chi connectivity index (χ4v) is 6.14.